The number of ether oxygens (including phenoxy) is 4. The molecule has 0 saturated heterocycles. The zero-order valence-corrected chi connectivity index (χ0v) is 26.5. The number of benzene rings is 1. The number of alkyl carbamates (subject to hydrolysis) is 2. The van der Waals surface area contributed by atoms with Crippen LogP contribution in [0.15, 0.2) is 30.3 Å². The van der Waals surface area contributed by atoms with Crippen LogP contribution < -0.4 is 10.6 Å². The van der Waals surface area contributed by atoms with E-state index in [0.717, 1.165) is 0 Å². The minimum absolute atomic E-state index is 0.0321. The predicted octanol–water partition coefficient (Wildman–Crippen LogP) is 0.421. The fraction of sp³-hybridized carbons (Fsp3) is 0.643. The maximum Gasteiger partial charge on any atom is 0.408 e. The first kappa shape index (κ1) is 38.0. The van der Waals surface area contributed by atoms with E-state index in [9.17, 15) is 39.6 Å². The van der Waals surface area contributed by atoms with Crippen LogP contribution in [0.1, 0.15) is 47.1 Å². The maximum absolute atomic E-state index is 12.8. The van der Waals surface area contributed by atoms with Crippen molar-refractivity contribution < 1.29 is 58.6 Å². The van der Waals surface area contributed by atoms with Gasteiger partial charge in [-0.25, -0.2) is 19.2 Å². The molecule has 0 bridgehead atoms. The van der Waals surface area contributed by atoms with Crippen molar-refractivity contribution in [1.82, 2.24) is 10.6 Å². The van der Waals surface area contributed by atoms with Gasteiger partial charge in [0, 0.05) is 6.42 Å². The average molecular weight is 633 g/mol. The Kier molecular flexibility index (Phi) is 15.3. The Morgan fingerprint density at radius 3 is 1.51 bits per heavy atom. The number of aliphatic hydroxyl groups excluding tert-OH is 4. The van der Waals surface area contributed by atoms with Gasteiger partial charge in [-0.2, -0.15) is 0 Å². The Morgan fingerprint density at radius 1 is 0.721 bits per heavy atom. The number of nitrogens with one attached hydrogen (secondary N) is 2. The fourth-order valence-corrected chi connectivity index (χ4v) is 3.66. The van der Waals surface area contributed by atoms with Gasteiger partial charge in [0.15, 0.2) is 0 Å². The normalized spacial score (nSPS) is 16.0. The largest absolute Gasteiger partial charge is 0.461 e. The van der Waals surface area contributed by atoms with Crippen LogP contribution in [0, 0.1) is 0 Å². The van der Waals surface area contributed by atoms with Crippen LogP contribution in [0.2, 0.25) is 0 Å². The number of esters is 2. The third kappa shape index (κ3) is 15.3. The maximum atomic E-state index is 12.8. The molecule has 15 heteroatoms. The summed E-state index contributed by atoms with van der Waals surface area (Å²) in [5, 5.41) is 45.8. The lowest BCUT2D eigenvalue weighted by atomic mass is 10.0. The molecule has 43 heavy (non-hydrogen) atoms. The smallest absolute Gasteiger partial charge is 0.408 e. The molecule has 0 spiro atoms. The first-order valence-electron chi connectivity index (χ1n) is 13.6. The highest BCUT2D eigenvalue weighted by Gasteiger charge is 2.34. The van der Waals surface area contributed by atoms with E-state index in [1.54, 1.807) is 71.9 Å². The third-order valence-corrected chi connectivity index (χ3v) is 5.87. The summed E-state index contributed by atoms with van der Waals surface area (Å²) in [5.41, 5.74) is -0.941. The van der Waals surface area contributed by atoms with Crippen molar-refractivity contribution in [2.75, 3.05) is 19.4 Å². The van der Waals surface area contributed by atoms with Crippen LogP contribution >= 0.6 is 9.24 Å². The second-order valence-corrected chi connectivity index (χ2v) is 12.2. The number of hydrogen-bond donors (Lipinski definition) is 6. The average Bonchev–Trinajstić information content (AvgIpc) is 2.90. The summed E-state index contributed by atoms with van der Waals surface area (Å²) < 4.78 is 20.3. The molecule has 1 aromatic carbocycles. The van der Waals surface area contributed by atoms with Crippen LogP contribution in [0.3, 0.4) is 0 Å². The third-order valence-electron chi connectivity index (χ3n) is 5.40. The van der Waals surface area contributed by atoms with Gasteiger partial charge in [0.25, 0.3) is 0 Å². The van der Waals surface area contributed by atoms with Crippen molar-refractivity contribution in [1.29, 1.82) is 0 Å². The topological polar surface area (TPSA) is 210 Å². The van der Waals surface area contributed by atoms with Crippen molar-refractivity contribution in [3.8, 4) is 0 Å². The number of amides is 2. The molecule has 1 rings (SSSR count). The summed E-state index contributed by atoms with van der Waals surface area (Å²) in [6, 6.07) is 6.37. The first-order valence-corrected chi connectivity index (χ1v) is 14.4. The Hall–Kier alpha value is -3.03. The molecule has 0 radical (unpaired) electrons. The van der Waals surface area contributed by atoms with Crippen molar-refractivity contribution in [2.24, 2.45) is 0 Å². The number of carbonyl (C=O) groups excluding carboxylic acids is 4. The van der Waals surface area contributed by atoms with E-state index in [0.29, 0.717) is 5.56 Å². The van der Waals surface area contributed by atoms with E-state index < -0.39 is 85.0 Å². The van der Waals surface area contributed by atoms with E-state index >= 15 is 0 Å². The van der Waals surface area contributed by atoms with Gasteiger partial charge in [-0.3, -0.25) is 0 Å². The molecule has 0 aliphatic heterocycles. The second-order valence-electron chi connectivity index (χ2n) is 11.7. The van der Waals surface area contributed by atoms with Crippen LogP contribution in [0.5, 0.6) is 0 Å². The minimum Gasteiger partial charge on any atom is -0.461 e. The lowest BCUT2D eigenvalue weighted by Crippen LogP contribution is -2.50. The van der Waals surface area contributed by atoms with Gasteiger partial charge in [-0.05, 0) is 53.3 Å². The van der Waals surface area contributed by atoms with Gasteiger partial charge in [0.2, 0.25) is 0 Å². The summed E-state index contributed by atoms with van der Waals surface area (Å²) >= 11 is 0. The minimum atomic E-state index is -2.02. The van der Waals surface area contributed by atoms with E-state index in [4.69, 9.17) is 18.9 Å². The van der Waals surface area contributed by atoms with Crippen LogP contribution in [-0.4, -0.2) is 112 Å². The van der Waals surface area contributed by atoms with Gasteiger partial charge >= 0.3 is 24.1 Å². The van der Waals surface area contributed by atoms with Gasteiger partial charge in [-0.15, -0.1) is 9.24 Å². The van der Waals surface area contributed by atoms with E-state index in [1.807, 2.05) is 0 Å². The Balaban J connectivity index is 2.70. The van der Waals surface area contributed by atoms with Crippen LogP contribution in [-0.2, 0) is 35.0 Å². The van der Waals surface area contributed by atoms with Crippen LogP contribution in [0.25, 0.3) is 0 Å². The summed E-state index contributed by atoms with van der Waals surface area (Å²) in [4.78, 5) is 49.4. The molecular weight excluding hydrogens is 587 g/mol. The molecule has 1 unspecified atom stereocenters. The zero-order chi connectivity index (χ0) is 33.0. The van der Waals surface area contributed by atoms with Crippen molar-refractivity contribution in [3.63, 3.8) is 0 Å². The summed E-state index contributed by atoms with van der Waals surface area (Å²) in [7, 11) is 2.25. The standard InChI is InChI=1S/C28H45N2O12P/c1-27(2,3)41-25(37)29-17(12-16-10-8-7-9-11-16)23(35)39-13-19(31)21(33)22(34)20(32)14-40-24(36)18(15-43)30-26(38)42-28(4,5)6/h7-11,17-22,31-34H,12-15,43H2,1-6H3,(H,29,37)(H,30,38)/t17-,18-,19-,20+,21+,22+/m0/s1. The van der Waals surface area contributed by atoms with Crippen LogP contribution in [0.4, 0.5) is 9.59 Å². The number of hydrogen-bond acceptors (Lipinski definition) is 12. The monoisotopic (exact) mass is 632 g/mol. The predicted molar refractivity (Wildman–Crippen MR) is 157 cm³/mol. The Morgan fingerprint density at radius 2 is 1.12 bits per heavy atom. The Bertz CT molecular complexity index is 1040. The molecule has 6 N–H and O–H groups in total. The van der Waals surface area contributed by atoms with Gasteiger partial charge in [0.05, 0.1) is 0 Å². The lowest BCUT2D eigenvalue weighted by molar-refractivity contribution is -0.164. The number of aliphatic hydroxyl groups is 4. The highest BCUT2D eigenvalue weighted by atomic mass is 31.0. The second kappa shape index (κ2) is 17.3. The molecular formula is C28H45N2O12P. The molecule has 0 fully saturated rings. The molecule has 1 aromatic rings. The molecule has 0 aliphatic carbocycles. The van der Waals surface area contributed by atoms with Gasteiger partial charge < -0.3 is 50.0 Å². The quantitative estimate of drug-likeness (QED) is 0.0937. The van der Waals surface area contributed by atoms with Crippen molar-refractivity contribution in [2.45, 2.75) is 95.7 Å². The summed E-state index contributed by atoms with van der Waals surface area (Å²) in [6.45, 7) is 8.28. The summed E-state index contributed by atoms with van der Waals surface area (Å²) in [5.74, 6) is -1.90. The van der Waals surface area contributed by atoms with Gasteiger partial charge in [-0.1, -0.05) is 30.3 Å². The van der Waals surface area contributed by atoms with Gasteiger partial charge in [0.1, 0.15) is 60.9 Å². The first-order chi connectivity index (χ1) is 19.8. The lowest BCUT2D eigenvalue weighted by Gasteiger charge is -2.27. The number of carbonyl (C=O) groups is 4. The Labute approximate surface area is 253 Å². The molecule has 0 heterocycles. The highest BCUT2D eigenvalue weighted by Crippen LogP contribution is 2.12. The zero-order valence-electron chi connectivity index (χ0n) is 25.3. The SMILES string of the molecule is CC(C)(C)OC(=O)N[C@@H](CP)C(=O)OC[C@@H](O)[C@@H](O)[C@H](O)[C@@H](O)COC(=O)[C@H](Cc1ccccc1)NC(=O)OC(C)(C)C. The van der Waals surface area contributed by atoms with E-state index in [-0.39, 0.29) is 12.6 Å². The molecule has 0 aromatic heterocycles. The number of rotatable bonds is 14. The molecule has 0 aliphatic rings. The van der Waals surface area contributed by atoms with Crippen molar-refractivity contribution >= 4 is 33.4 Å². The molecule has 2 amide bonds. The summed E-state index contributed by atoms with van der Waals surface area (Å²) in [6.07, 6.45) is -9.41. The molecule has 0 saturated carbocycles. The van der Waals surface area contributed by atoms with E-state index in [2.05, 4.69) is 19.9 Å². The molecule has 7 atom stereocenters. The van der Waals surface area contributed by atoms with E-state index in [1.165, 1.54) is 0 Å². The van der Waals surface area contributed by atoms with Crippen molar-refractivity contribution in [3.05, 3.63) is 35.9 Å². The molecule has 14 nitrogen and oxygen atoms in total. The highest BCUT2D eigenvalue weighted by molar-refractivity contribution is 7.16. The molecule has 244 valence electrons. The fourth-order valence-electron chi connectivity index (χ4n) is 3.35.